The molecule has 1 N–H and O–H groups in total. The Morgan fingerprint density at radius 1 is 1.40 bits per heavy atom. The number of hydrogen-bond donors (Lipinski definition) is 1. The monoisotopic (exact) mass is 141 g/mol. The fourth-order valence-electron chi connectivity index (χ4n) is 2.23. The Balaban J connectivity index is 2.41. The molecule has 3 atom stereocenters. The van der Waals surface area contributed by atoms with Crippen LogP contribution < -0.4 is 5.32 Å². The Morgan fingerprint density at radius 3 is 2.40 bits per heavy atom. The molecule has 10 heavy (non-hydrogen) atoms. The van der Waals surface area contributed by atoms with E-state index in [-0.39, 0.29) is 0 Å². The highest BCUT2D eigenvalue weighted by Crippen LogP contribution is 2.33. The van der Waals surface area contributed by atoms with E-state index in [0.29, 0.717) is 0 Å². The van der Waals surface area contributed by atoms with Gasteiger partial charge < -0.3 is 5.32 Å². The van der Waals surface area contributed by atoms with Crippen molar-refractivity contribution in [3.63, 3.8) is 0 Å². The maximum atomic E-state index is 3.38. The van der Waals surface area contributed by atoms with Crippen LogP contribution in [0.25, 0.3) is 0 Å². The minimum Gasteiger partial charge on any atom is -0.317 e. The summed E-state index contributed by atoms with van der Waals surface area (Å²) in [5.74, 6) is 1.88. The zero-order valence-electron chi connectivity index (χ0n) is 7.35. The fourth-order valence-corrected chi connectivity index (χ4v) is 2.23. The number of rotatable bonds is 2. The molecule has 1 rings (SSSR count). The van der Waals surface area contributed by atoms with Gasteiger partial charge in [0.15, 0.2) is 0 Å². The van der Waals surface area contributed by atoms with Crippen LogP contribution in [0.15, 0.2) is 0 Å². The van der Waals surface area contributed by atoms with Crippen molar-refractivity contribution in [3.05, 3.63) is 0 Å². The van der Waals surface area contributed by atoms with Crippen LogP contribution in [0.2, 0.25) is 0 Å². The van der Waals surface area contributed by atoms with Crippen molar-refractivity contribution in [2.45, 2.75) is 39.2 Å². The fraction of sp³-hybridized carbons (Fsp3) is 1.00. The third kappa shape index (κ3) is 1.34. The third-order valence-corrected chi connectivity index (χ3v) is 3.12. The molecule has 0 amide bonds. The van der Waals surface area contributed by atoms with Gasteiger partial charge in [-0.25, -0.2) is 0 Å². The van der Waals surface area contributed by atoms with E-state index in [1.807, 2.05) is 0 Å². The van der Waals surface area contributed by atoms with Crippen LogP contribution in [0.5, 0.6) is 0 Å². The Morgan fingerprint density at radius 2 is 2.10 bits per heavy atom. The number of nitrogens with one attached hydrogen (secondary N) is 1. The molecule has 3 unspecified atom stereocenters. The minimum absolute atomic E-state index is 0.796. The molecule has 0 aliphatic heterocycles. The Kier molecular flexibility index (Phi) is 2.72. The zero-order valence-corrected chi connectivity index (χ0v) is 7.35. The van der Waals surface area contributed by atoms with Crippen LogP contribution in [-0.4, -0.2) is 13.1 Å². The molecule has 0 aromatic carbocycles. The summed E-state index contributed by atoms with van der Waals surface area (Å²) in [6, 6.07) is 0.796. The average molecular weight is 141 g/mol. The van der Waals surface area contributed by atoms with E-state index in [1.165, 1.54) is 19.3 Å². The summed E-state index contributed by atoms with van der Waals surface area (Å²) < 4.78 is 0. The van der Waals surface area contributed by atoms with Gasteiger partial charge in [0.2, 0.25) is 0 Å². The topological polar surface area (TPSA) is 12.0 Å². The molecule has 1 fully saturated rings. The number of hydrogen-bond acceptors (Lipinski definition) is 1. The first-order valence-corrected chi connectivity index (χ1v) is 4.46. The van der Waals surface area contributed by atoms with Crippen molar-refractivity contribution < 1.29 is 0 Å². The largest absolute Gasteiger partial charge is 0.317 e. The molecular formula is C9H19N. The quantitative estimate of drug-likeness (QED) is 0.620. The predicted octanol–water partition coefficient (Wildman–Crippen LogP) is 2.03. The second kappa shape index (κ2) is 3.38. The Labute approximate surface area is 64.2 Å². The smallest absolute Gasteiger partial charge is 0.00924 e. The second-order valence-electron chi connectivity index (χ2n) is 3.50. The van der Waals surface area contributed by atoms with Gasteiger partial charge in [0.25, 0.3) is 0 Å². The molecule has 0 heterocycles. The van der Waals surface area contributed by atoms with Gasteiger partial charge in [0, 0.05) is 6.04 Å². The van der Waals surface area contributed by atoms with Crippen LogP contribution in [0.3, 0.4) is 0 Å². The summed E-state index contributed by atoms with van der Waals surface area (Å²) in [5.41, 5.74) is 0. The van der Waals surface area contributed by atoms with Crippen LogP contribution in [0.4, 0.5) is 0 Å². The lowest BCUT2D eigenvalue weighted by atomic mass is 9.94. The lowest BCUT2D eigenvalue weighted by Crippen LogP contribution is -2.29. The molecule has 60 valence electrons. The molecule has 1 nitrogen and oxygen atoms in total. The summed E-state index contributed by atoms with van der Waals surface area (Å²) in [6.07, 6.45) is 4.18. The summed E-state index contributed by atoms with van der Waals surface area (Å²) in [5, 5.41) is 3.38. The lowest BCUT2D eigenvalue weighted by molar-refractivity contribution is 0.358. The second-order valence-corrected chi connectivity index (χ2v) is 3.50. The van der Waals surface area contributed by atoms with Crippen LogP contribution in [0, 0.1) is 11.8 Å². The molecular weight excluding hydrogens is 122 g/mol. The molecule has 1 heteroatoms. The van der Waals surface area contributed by atoms with E-state index in [4.69, 9.17) is 0 Å². The molecule has 0 radical (unpaired) electrons. The summed E-state index contributed by atoms with van der Waals surface area (Å²) >= 11 is 0. The van der Waals surface area contributed by atoms with Crippen molar-refractivity contribution in [1.82, 2.24) is 5.32 Å². The molecule has 0 aromatic rings. The summed E-state index contributed by atoms with van der Waals surface area (Å²) in [7, 11) is 2.08. The van der Waals surface area contributed by atoms with Crippen molar-refractivity contribution in [2.24, 2.45) is 11.8 Å². The van der Waals surface area contributed by atoms with Crippen LogP contribution in [-0.2, 0) is 0 Å². The average Bonchev–Trinajstić information content (AvgIpc) is 2.30. The van der Waals surface area contributed by atoms with Gasteiger partial charge in [-0.1, -0.05) is 20.3 Å². The maximum Gasteiger partial charge on any atom is 0.00924 e. The van der Waals surface area contributed by atoms with Gasteiger partial charge >= 0.3 is 0 Å². The standard InChI is InChI=1S/C9H19N/c1-4-8-5-6-9(10-3)7(8)2/h7-10H,4-6H2,1-3H3. The van der Waals surface area contributed by atoms with Gasteiger partial charge in [-0.3, -0.25) is 0 Å². The first kappa shape index (κ1) is 8.06. The van der Waals surface area contributed by atoms with E-state index >= 15 is 0 Å². The molecule has 0 saturated heterocycles. The molecule has 0 bridgehead atoms. The van der Waals surface area contributed by atoms with Crippen molar-refractivity contribution in [1.29, 1.82) is 0 Å². The van der Waals surface area contributed by atoms with Gasteiger partial charge in [0.1, 0.15) is 0 Å². The lowest BCUT2D eigenvalue weighted by Gasteiger charge is -2.18. The van der Waals surface area contributed by atoms with E-state index in [9.17, 15) is 0 Å². The third-order valence-electron chi connectivity index (χ3n) is 3.12. The van der Waals surface area contributed by atoms with Gasteiger partial charge in [-0.2, -0.15) is 0 Å². The van der Waals surface area contributed by atoms with Crippen molar-refractivity contribution in [2.75, 3.05) is 7.05 Å². The van der Waals surface area contributed by atoms with E-state index in [1.54, 1.807) is 0 Å². The minimum atomic E-state index is 0.796. The highest BCUT2D eigenvalue weighted by molar-refractivity contribution is 4.84. The molecule has 0 spiro atoms. The van der Waals surface area contributed by atoms with E-state index < -0.39 is 0 Å². The van der Waals surface area contributed by atoms with Gasteiger partial charge in [0.05, 0.1) is 0 Å². The summed E-state index contributed by atoms with van der Waals surface area (Å²) in [6.45, 7) is 4.68. The maximum absolute atomic E-state index is 3.38. The van der Waals surface area contributed by atoms with Crippen molar-refractivity contribution in [3.8, 4) is 0 Å². The van der Waals surface area contributed by atoms with Gasteiger partial charge in [-0.05, 0) is 31.7 Å². The van der Waals surface area contributed by atoms with Crippen molar-refractivity contribution >= 4 is 0 Å². The van der Waals surface area contributed by atoms with Crippen LogP contribution in [0.1, 0.15) is 33.1 Å². The molecule has 1 aliphatic rings. The first-order valence-electron chi connectivity index (χ1n) is 4.46. The highest BCUT2D eigenvalue weighted by atomic mass is 14.9. The Hall–Kier alpha value is -0.0400. The molecule has 0 aromatic heterocycles. The summed E-state index contributed by atoms with van der Waals surface area (Å²) in [4.78, 5) is 0. The molecule has 1 saturated carbocycles. The predicted molar refractivity (Wildman–Crippen MR) is 45.0 cm³/mol. The zero-order chi connectivity index (χ0) is 7.56. The normalized spacial score (nSPS) is 40.5. The first-order chi connectivity index (χ1) is 4.79. The van der Waals surface area contributed by atoms with Gasteiger partial charge in [-0.15, -0.1) is 0 Å². The molecule has 1 aliphatic carbocycles. The highest BCUT2D eigenvalue weighted by Gasteiger charge is 2.29. The SMILES string of the molecule is CCC1CCC(NC)C1C. The van der Waals surface area contributed by atoms with Crippen LogP contribution >= 0.6 is 0 Å². The van der Waals surface area contributed by atoms with E-state index in [2.05, 4.69) is 26.2 Å². The van der Waals surface area contributed by atoms with E-state index in [0.717, 1.165) is 17.9 Å². The Bertz CT molecular complexity index is 88.9.